The van der Waals surface area contributed by atoms with Gasteiger partial charge in [-0.15, -0.1) is 0 Å². The second kappa shape index (κ2) is 9.11. The van der Waals surface area contributed by atoms with E-state index in [2.05, 4.69) is 14.6 Å². The highest BCUT2D eigenvalue weighted by atomic mass is 32.2. The molecule has 9 heteroatoms. The molecule has 8 nitrogen and oxygen atoms in total. The lowest BCUT2D eigenvalue weighted by molar-refractivity contribution is 0.0697. The Morgan fingerprint density at radius 1 is 0.939 bits per heavy atom. The third-order valence-corrected chi connectivity index (χ3v) is 7.24. The second-order valence-corrected chi connectivity index (χ2v) is 9.73. The van der Waals surface area contributed by atoms with Gasteiger partial charge in [-0.1, -0.05) is 12.1 Å². The zero-order chi connectivity index (χ0) is 23.6. The third-order valence-electron chi connectivity index (χ3n) is 5.86. The largest absolute Gasteiger partial charge is 0.478 e. The average Bonchev–Trinajstić information content (AvgIpc) is 2.81. The Morgan fingerprint density at radius 2 is 1.67 bits per heavy atom. The summed E-state index contributed by atoms with van der Waals surface area (Å²) >= 11 is 0. The fraction of sp³-hybridized carbons (Fsp3) is 0.250. The number of aromatic nitrogens is 1. The van der Waals surface area contributed by atoms with E-state index in [1.54, 1.807) is 30.5 Å². The SMILES string of the molecule is Cc1ccc(S(=O)(=O)Nc2ccc(N3CCN(c4ccccn4)CC3)c(C(=O)O)c2)cc1C. The van der Waals surface area contributed by atoms with E-state index in [0.717, 1.165) is 16.9 Å². The number of benzene rings is 2. The molecular weight excluding hydrogens is 440 g/mol. The molecule has 1 aliphatic heterocycles. The van der Waals surface area contributed by atoms with Crippen LogP contribution in [0, 0.1) is 13.8 Å². The third kappa shape index (κ3) is 4.93. The quantitative estimate of drug-likeness (QED) is 0.573. The zero-order valence-electron chi connectivity index (χ0n) is 18.5. The van der Waals surface area contributed by atoms with E-state index in [0.29, 0.717) is 31.9 Å². The Balaban J connectivity index is 1.53. The normalized spacial score (nSPS) is 14.2. The monoisotopic (exact) mass is 466 g/mol. The number of pyridine rings is 1. The van der Waals surface area contributed by atoms with Crippen LogP contribution in [0.1, 0.15) is 21.5 Å². The number of aromatic carboxylic acids is 1. The van der Waals surface area contributed by atoms with Gasteiger partial charge in [0, 0.05) is 38.1 Å². The van der Waals surface area contributed by atoms with Crippen LogP contribution in [-0.2, 0) is 10.0 Å². The number of rotatable bonds is 6. The van der Waals surface area contributed by atoms with Crippen molar-refractivity contribution in [3.8, 4) is 0 Å². The van der Waals surface area contributed by atoms with Gasteiger partial charge in [0.15, 0.2) is 0 Å². The van der Waals surface area contributed by atoms with Crippen molar-refractivity contribution in [2.45, 2.75) is 18.7 Å². The molecule has 172 valence electrons. The Bertz CT molecular complexity index is 1270. The number of carboxylic acids is 1. The molecule has 2 N–H and O–H groups in total. The topological polar surface area (TPSA) is 103 Å². The van der Waals surface area contributed by atoms with Crippen molar-refractivity contribution < 1.29 is 18.3 Å². The minimum Gasteiger partial charge on any atom is -0.478 e. The van der Waals surface area contributed by atoms with E-state index < -0.39 is 16.0 Å². The van der Waals surface area contributed by atoms with E-state index in [4.69, 9.17) is 0 Å². The molecule has 2 aromatic carbocycles. The highest BCUT2D eigenvalue weighted by molar-refractivity contribution is 7.92. The van der Waals surface area contributed by atoms with Gasteiger partial charge in [-0.2, -0.15) is 0 Å². The van der Waals surface area contributed by atoms with Gasteiger partial charge >= 0.3 is 5.97 Å². The molecule has 1 aromatic heterocycles. The number of sulfonamides is 1. The second-order valence-electron chi connectivity index (χ2n) is 8.05. The van der Waals surface area contributed by atoms with Crippen LogP contribution in [0.15, 0.2) is 65.7 Å². The zero-order valence-corrected chi connectivity index (χ0v) is 19.3. The van der Waals surface area contributed by atoms with Gasteiger partial charge in [-0.3, -0.25) is 4.72 Å². The summed E-state index contributed by atoms with van der Waals surface area (Å²) in [5, 5.41) is 9.81. The molecular formula is C24H26N4O4S. The molecule has 4 rings (SSSR count). The van der Waals surface area contributed by atoms with E-state index >= 15 is 0 Å². The van der Waals surface area contributed by atoms with E-state index in [9.17, 15) is 18.3 Å². The minimum atomic E-state index is -3.84. The number of nitrogens with zero attached hydrogens (tertiary/aromatic N) is 3. The molecule has 0 spiro atoms. The van der Waals surface area contributed by atoms with Crippen molar-refractivity contribution in [1.82, 2.24) is 4.98 Å². The molecule has 0 aliphatic carbocycles. The Labute approximate surface area is 193 Å². The first-order valence-corrected chi connectivity index (χ1v) is 12.1. The van der Waals surface area contributed by atoms with Gasteiger partial charge in [0.05, 0.1) is 16.1 Å². The van der Waals surface area contributed by atoms with Gasteiger partial charge in [-0.25, -0.2) is 18.2 Å². The molecule has 33 heavy (non-hydrogen) atoms. The van der Waals surface area contributed by atoms with Crippen molar-refractivity contribution >= 4 is 33.2 Å². The number of carbonyl (C=O) groups is 1. The summed E-state index contributed by atoms with van der Waals surface area (Å²) in [6.07, 6.45) is 1.75. The average molecular weight is 467 g/mol. The van der Waals surface area contributed by atoms with Crippen LogP contribution < -0.4 is 14.5 Å². The maximum atomic E-state index is 12.8. The van der Waals surface area contributed by atoms with E-state index in [1.807, 2.05) is 36.9 Å². The predicted molar refractivity (Wildman–Crippen MR) is 129 cm³/mol. The van der Waals surface area contributed by atoms with E-state index in [-0.39, 0.29) is 16.1 Å². The number of aryl methyl sites for hydroxylation is 2. The summed E-state index contributed by atoms with van der Waals surface area (Å²) in [5.41, 5.74) is 2.69. The number of hydrogen-bond acceptors (Lipinski definition) is 6. The maximum Gasteiger partial charge on any atom is 0.337 e. The van der Waals surface area contributed by atoms with Crippen LogP contribution >= 0.6 is 0 Å². The van der Waals surface area contributed by atoms with Gasteiger partial charge in [0.1, 0.15) is 5.82 Å². The standard InChI is InChI=1S/C24H26N4O4S/c1-17-6-8-20(15-18(17)2)33(31,32)26-19-7-9-22(21(16-19)24(29)30)27-11-13-28(14-12-27)23-5-3-4-10-25-23/h3-10,15-16,26H,11-14H2,1-2H3,(H,29,30). The van der Waals surface area contributed by atoms with Gasteiger partial charge < -0.3 is 14.9 Å². The van der Waals surface area contributed by atoms with Crippen LogP contribution in [0.4, 0.5) is 17.2 Å². The Hall–Kier alpha value is -3.59. The summed E-state index contributed by atoms with van der Waals surface area (Å²) in [6.45, 7) is 6.43. The maximum absolute atomic E-state index is 12.8. The van der Waals surface area contributed by atoms with Crippen LogP contribution in [0.5, 0.6) is 0 Å². The highest BCUT2D eigenvalue weighted by Crippen LogP contribution is 2.28. The molecule has 3 aromatic rings. The molecule has 1 aliphatic rings. The van der Waals surface area contributed by atoms with Crippen LogP contribution in [0.3, 0.4) is 0 Å². The molecule has 1 saturated heterocycles. The van der Waals surface area contributed by atoms with Crippen LogP contribution in [0.25, 0.3) is 0 Å². The summed E-state index contributed by atoms with van der Waals surface area (Å²) in [5.74, 6) is -0.212. The molecule has 0 amide bonds. The van der Waals surface area contributed by atoms with Crippen molar-refractivity contribution in [3.05, 3.63) is 77.5 Å². The number of nitrogens with one attached hydrogen (secondary N) is 1. The Morgan fingerprint density at radius 3 is 2.30 bits per heavy atom. The highest BCUT2D eigenvalue weighted by Gasteiger charge is 2.23. The lowest BCUT2D eigenvalue weighted by Gasteiger charge is -2.37. The number of hydrogen-bond donors (Lipinski definition) is 2. The van der Waals surface area contributed by atoms with Crippen molar-refractivity contribution in [2.24, 2.45) is 0 Å². The molecule has 0 atom stereocenters. The molecule has 0 radical (unpaired) electrons. The van der Waals surface area contributed by atoms with Crippen LogP contribution in [0.2, 0.25) is 0 Å². The fourth-order valence-electron chi connectivity index (χ4n) is 3.86. The molecule has 1 fully saturated rings. The summed E-state index contributed by atoms with van der Waals surface area (Å²) < 4.78 is 28.2. The summed E-state index contributed by atoms with van der Waals surface area (Å²) in [7, 11) is -3.84. The predicted octanol–water partition coefficient (Wildman–Crippen LogP) is 3.52. The van der Waals surface area contributed by atoms with Crippen LogP contribution in [-0.4, -0.2) is 50.7 Å². The summed E-state index contributed by atoms with van der Waals surface area (Å²) in [6, 6.07) is 15.3. The number of piperazine rings is 1. The molecule has 0 unspecified atom stereocenters. The minimum absolute atomic E-state index is 0.0570. The first-order chi connectivity index (χ1) is 15.7. The van der Waals surface area contributed by atoms with Gasteiger partial charge in [0.2, 0.25) is 0 Å². The van der Waals surface area contributed by atoms with E-state index in [1.165, 1.54) is 12.1 Å². The first kappa shape index (κ1) is 22.6. The molecule has 2 heterocycles. The van der Waals surface area contributed by atoms with Crippen molar-refractivity contribution in [1.29, 1.82) is 0 Å². The lowest BCUT2D eigenvalue weighted by atomic mass is 10.1. The number of anilines is 3. The molecule has 0 saturated carbocycles. The van der Waals surface area contributed by atoms with Gasteiger partial charge in [-0.05, 0) is 67.4 Å². The smallest absolute Gasteiger partial charge is 0.337 e. The Kier molecular flexibility index (Phi) is 6.24. The summed E-state index contributed by atoms with van der Waals surface area (Å²) in [4.78, 5) is 20.7. The number of carboxylic acid groups (broad SMARTS) is 1. The molecule has 0 bridgehead atoms. The lowest BCUT2D eigenvalue weighted by Crippen LogP contribution is -2.47. The van der Waals surface area contributed by atoms with Crippen molar-refractivity contribution in [3.63, 3.8) is 0 Å². The van der Waals surface area contributed by atoms with Gasteiger partial charge in [0.25, 0.3) is 10.0 Å². The fourth-order valence-corrected chi connectivity index (χ4v) is 4.99. The first-order valence-electron chi connectivity index (χ1n) is 10.6. The van der Waals surface area contributed by atoms with Crippen molar-refractivity contribution in [2.75, 3.05) is 40.7 Å².